The average molecular weight is 631 g/mol. The maximum atomic E-state index is 14.2. The number of urea groups is 1. The lowest BCUT2D eigenvalue weighted by Gasteiger charge is -2.40. The lowest BCUT2D eigenvalue weighted by molar-refractivity contribution is 0.0691. The second-order valence-corrected chi connectivity index (χ2v) is 12.6. The van der Waals surface area contributed by atoms with Gasteiger partial charge in [0, 0.05) is 36.9 Å². The Balaban J connectivity index is 1.33. The molecule has 10 nitrogen and oxygen atoms in total. The Morgan fingerprint density at radius 2 is 1.68 bits per heavy atom. The molecule has 1 saturated heterocycles. The lowest BCUT2D eigenvalue weighted by Crippen LogP contribution is -2.50. The van der Waals surface area contributed by atoms with Crippen LogP contribution in [0, 0.1) is 11.6 Å². The molecule has 0 aromatic heterocycles. The molecule has 3 aromatic rings. The van der Waals surface area contributed by atoms with Crippen LogP contribution < -0.4 is 20.1 Å². The molecule has 0 saturated carbocycles. The molecule has 2 amide bonds. The third-order valence-corrected chi connectivity index (χ3v) is 7.91. The number of carbonyl (C=O) groups excluding carboxylic acids is 1. The van der Waals surface area contributed by atoms with E-state index in [0.29, 0.717) is 42.6 Å². The maximum absolute atomic E-state index is 14.2. The van der Waals surface area contributed by atoms with E-state index in [0.717, 1.165) is 43.7 Å². The molecule has 1 heterocycles. The van der Waals surface area contributed by atoms with Gasteiger partial charge in [0.05, 0.1) is 17.5 Å². The van der Waals surface area contributed by atoms with E-state index in [1.807, 2.05) is 24.3 Å². The average Bonchev–Trinajstić information content (AvgIpc) is 2.95. The van der Waals surface area contributed by atoms with Crippen molar-refractivity contribution in [3.63, 3.8) is 0 Å². The molecule has 4 N–H and O–H groups in total. The van der Waals surface area contributed by atoms with Gasteiger partial charge in [-0.15, -0.1) is 0 Å². The van der Waals surface area contributed by atoms with Crippen LogP contribution in [0.25, 0.3) is 0 Å². The molecule has 2 atom stereocenters. The van der Waals surface area contributed by atoms with Gasteiger partial charge in [0.2, 0.25) is 10.0 Å². The molecule has 4 rings (SSSR count). The first kappa shape index (κ1) is 32.7. The second-order valence-electron chi connectivity index (χ2n) is 10.8. The van der Waals surface area contributed by atoms with E-state index in [1.165, 1.54) is 0 Å². The van der Waals surface area contributed by atoms with Crippen LogP contribution in [0.4, 0.5) is 25.0 Å². The molecule has 0 spiro atoms. The molecule has 2 unspecified atom stereocenters. The number of ether oxygens (including phenoxy) is 1. The molecular weight excluding hydrogens is 594 g/mol. The number of unbranched alkanes of at least 4 members (excludes halogenated alkanes) is 1. The standard InChI is InChI=1S/C31H36F2N4O6S/c1-3-4-5-23-16-22(34-31(40)35-29-17-26(30(38)39)27(32)18-28(29)33)14-15-37(23)19-20-6-10-24(11-7-20)43-25-12-8-21(9-13-25)36-44(2,41)42/h6-13,17-18,22-23,36H,3-5,14-16,19H2,1-2H3,(H,38,39)(H2,34,35,40). The van der Waals surface area contributed by atoms with Crippen molar-refractivity contribution in [3.8, 4) is 11.5 Å². The topological polar surface area (TPSA) is 137 Å². The summed E-state index contributed by atoms with van der Waals surface area (Å²) in [6, 6.07) is 14.9. The zero-order chi connectivity index (χ0) is 31.9. The van der Waals surface area contributed by atoms with E-state index in [2.05, 4.69) is 27.2 Å². The minimum Gasteiger partial charge on any atom is -0.478 e. The number of nitrogens with one attached hydrogen (secondary N) is 3. The van der Waals surface area contributed by atoms with Crippen molar-refractivity contribution in [3.05, 3.63) is 83.4 Å². The molecular formula is C31H36F2N4O6S. The van der Waals surface area contributed by atoms with Crippen LogP contribution in [0.5, 0.6) is 11.5 Å². The third kappa shape index (κ3) is 9.38. The minimum atomic E-state index is -3.36. The van der Waals surface area contributed by atoms with Gasteiger partial charge in [-0.25, -0.2) is 26.8 Å². The molecule has 3 aromatic carbocycles. The molecule has 1 fully saturated rings. The number of hydrogen-bond acceptors (Lipinski definition) is 6. The quantitative estimate of drug-likeness (QED) is 0.188. The number of carboxylic acid groups (broad SMARTS) is 1. The highest BCUT2D eigenvalue weighted by Crippen LogP contribution is 2.27. The zero-order valence-electron chi connectivity index (χ0n) is 24.5. The van der Waals surface area contributed by atoms with Gasteiger partial charge in [0.1, 0.15) is 23.1 Å². The summed E-state index contributed by atoms with van der Waals surface area (Å²) >= 11 is 0. The van der Waals surface area contributed by atoms with Gasteiger partial charge < -0.3 is 20.5 Å². The van der Waals surface area contributed by atoms with Crippen molar-refractivity contribution < 1.29 is 36.6 Å². The highest BCUT2D eigenvalue weighted by molar-refractivity contribution is 7.92. The van der Waals surface area contributed by atoms with Crippen molar-refractivity contribution in [2.24, 2.45) is 0 Å². The zero-order valence-corrected chi connectivity index (χ0v) is 25.3. The largest absolute Gasteiger partial charge is 0.478 e. The van der Waals surface area contributed by atoms with Crippen molar-refractivity contribution in [2.45, 2.75) is 57.7 Å². The third-order valence-electron chi connectivity index (χ3n) is 7.30. The number of carbonyl (C=O) groups is 2. The molecule has 0 bridgehead atoms. The summed E-state index contributed by atoms with van der Waals surface area (Å²) in [5.41, 5.74) is 0.405. The number of piperidine rings is 1. The number of halogens is 2. The van der Waals surface area contributed by atoms with Gasteiger partial charge in [-0.05, 0) is 67.3 Å². The van der Waals surface area contributed by atoms with Crippen LogP contribution in [0.15, 0.2) is 60.7 Å². The Labute approximate surface area is 255 Å². The van der Waals surface area contributed by atoms with Crippen molar-refractivity contribution in [1.82, 2.24) is 10.2 Å². The lowest BCUT2D eigenvalue weighted by atomic mass is 9.93. The number of likely N-dealkylation sites (tertiary alicyclic amines) is 1. The van der Waals surface area contributed by atoms with Crippen LogP contribution in [0.2, 0.25) is 0 Å². The molecule has 0 aliphatic carbocycles. The van der Waals surface area contributed by atoms with E-state index < -0.39 is 44.9 Å². The second kappa shape index (κ2) is 14.5. The Morgan fingerprint density at radius 1 is 1.02 bits per heavy atom. The smallest absolute Gasteiger partial charge is 0.338 e. The normalized spacial score (nSPS) is 17.1. The summed E-state index contributed by atoms with van der Waals surface area (Å²) in [6.45, 7) is 3.55. The Hall–Kier alpha value is -4.23. The Morgan fingerprint density at radius 3 is 2.30 bits per heavy atom. The van der Waals surface area contributed by atoms with Gasteiger partial charge >= 0.3 is 12.0 Å². The van der Waals surface area contributed by atoms with E-state index >= 15 is 0 Å². The monoisotopic (exact) mass is 630 g/mol. The summed E-state index contributed by atoms with van der Waals surface area (Å²) in [4.78, 5) is 26.2. The highest BCUT2D eigenvalue weighted by atomic mass is 32.2. The molecule has 13 heteroatoms. The number of anilines is 2. The summed E-state index contributed by atoms with van der Waals surface area (Å²) < 4.78 is 59.0. The van der Waals surface area contributed by atoms with Crippen molar-refractivity contribution in [1.29, 1.82) is 0 Å². The van der Waals surface area contributed by atoms with Crippen LogP contribution in [0.1, 0.15) is 54.9 Å². The van der Waals surface area contributed by atoms with Gasteiger partial charge in [-0.3, -0.25) is 9.62 Å². The van der Waals surface area contributed by atoms with E-state index in [1.54, 1.807) is 24.3 Å². The molecule has 236 valence electrons. The summed E-state index contributed by atoms with van der Waals surface area (Å²) in [5.74, 6) is -2.63. The maximum Gasteiger partial charge on any atom is 0.338 e. The number of benzene rings is 3. The number of sulfonamides is 1. The van der Waals surface area contributed by atoms with Crippen LogP contribution in [0.3, 0.4) is 0 Å². The van der Waals surface area contributed by atoms with Gasteiger partial charge in [-0.1, -0.05) is 31.9 Å². The minimum absolute atomic E-state index is 0.176. The van der Waals surface area contributed by atoms with Crippen molar-refractivity contribution in [2.75, 3.05) is 22.8 Å². The number of rotatable bonds is 12. The fourth-order valence-corrected chi connectivity index (χ4v) is 5.73. The van der Waals surface area contributed by atoms with Crippen molar-refractivity contribution >= 4 is 33.4 Å². The SMILES string of the molecule is CCCCC1CC(NC(=O)Nc2cc(C(=O)O)c(F)cc2F)CCN1Cc1ccc(Oc2ccc(NS(C)(=O)=O)cc2)cc1. The summed E-state index contributed by atoms with van der Waals surface area (Å²) in [6.07, 6.45) is 5.42. The summed E-state index contributed by atoms with van der Waals surface area (Å²) in [5, 5.41) is 14.3. The van der Waals surface area contributed by atoms with Crippen LogP contribution in [-0.4, -0.2) is 55.3 Å². The van der Waals surface area contributed by atoms with E-state index in [9.17, 15) is 26.8 Å². The fraction of sp³-hybridized carbons (Fsp3) is 0.355. The highest BCUT2D eigenvalue weighted by Gasteiger charge is 2.29. The number of hydrogen-bond donors (Lipinski definition) is 4. The first-order valence-corrected chi connectivity index (χ1v) is 16.2. The molecule has 44 heavy (non-hydrogen) atoms. The van der Waals surface area contributed by atoms with Crippen LogP contribution in [-0.2, 0) is 16.6 Å². The molecule has 1 aliphatic heterocycles. The summed E-state index contributed by atoms with van der Waals surface area (Å²) in [7, 11) is -3.36. The first-order valence-electron chi connectivity index (χ1n) is 14.3. The number of aromatic carboxylic acids is 1. The van der Waals surface area contributed by atoms with E-state index in [4.69, 9.17) is 9.84 Å². The molecule has 1 aliphatic rings. The Kier molecular flexibility index (Phi) is 10.8. The van der Waals surface area contributed by atoms with Gasteiger partial charge in [-0.2, -0.15) is 0 Å². The van der Waals surface area contributed by atoms with E-state index in [-0.39, 0.29) is 12.1 Å². The van der Waals surface area contributed by atoms with Gasteiger partial charge in [0.15, 0.2) is 0 Å². The fourth-order valence-electron chi connectivity index (χ4n) is 5.17. The number of carboxylic acids is 1. The molecule has 0 radical (unpaired) electrons. The first-order chi connectivity index (χ1) is 20.9. The van der Waals surface area contributed by atoms with Crippen LogP contribution >= 0.6 is 0 Å². The predicted molar refractivity (Wildman–Crippen MR) is 164 cm³/mol. The predicted octanol–water partition coefficient (Wildman–Crippen LogP) is 6.17. The number of amides is 2. The van der Waals surface area contributed by atoms with Gasteiger partial charge in [0.25, 0.3) is 0 Å². The Bertz CT molecular complexity index is 1570. The number of nitrogens with zero attached hydrogens (tertiary/aromatic N) is 1.